The molecule has 4 N–H and O–H groups in total. The van der Waals surface area contributed by atoms with Gasteiger partial charge in [0.05, 0.1) is 62.2 Å². The summed E-state index contributed by atoms with van der Waals surface area (Å²) in [5.41, 5.74) is 7.97. The van der Waals surface area contributed by atoms with Crippen molar-refractivity contribution < 1.29 is 42.9 Å². The average Bonchev–Trinajstić information content (AvgIpc) is 3.83. The molecule has 0 radical (unpaired) electrons. The normalized spacial score (nSPS) is 29.0. The molecule has 0 saturated carbocycles. The number of esters is 2. The van der Waals surface area contributed by atoms with Gasteiger partial charge in [0.25, 0.3) is 0 Å². The third kappa shape index (κ3) is 12.7. The number of hydrogen-bond acceptors (Lipinski definition) is 10. The Labute approximate surface area is 301 Å². The molecule has 3 fully saturated rings. The molecule has 3 aliphatic rings. The highest BCUT2D eigenvalue weighted by Gasteiger charge is 2.51. The average molecular weight is 710 g/mol. The number of carbonyl (C=O) groups is 4. The molecular formula is C39H55N3O9. The summed E-state index contributed by atoms with van der Waals surface area (Å²) in [6.45, 7) is 10.1. The fraction of sp³-hybridized carbons (Fsp3) is 0.590. The van der Waals surface area contributed by atoms with Crippen LogP contribution in [-0.4, -0.2) is 85.7 Å². The second-order valence-electron chi connectivity index (χ2n) is 14.2. The van der Waals surface area contributed by atoms with Gasteiger partial charge in [0.2, 0.25) is 11.8 Å². The molecule has 4 rings (SSSR count). The first-order chi connectivity index (χ1) is 24.3. The molecule has 3 aliphatic heterocycles. The number of epoxide rings is 1. The second kappa shape index (κ2) is 18.6. The van der Waals surface area contributed by atoms with Crippen molar-refractivity contribution in [2.24, 2.45) is 11.7 Å². The van der Waals surface area contributed by atoms with Crippen LogP contribution in [0.25, 0.3) is 0 Å². The number of carbonyl (C=O) groups excluding carboxylic acids is 4. The van der Waals surface area contributed by atoms with Crippen LogP contribution in [0.3, 0.4) is 0 Å². The summed E-state index contributed by atoms with van der Waals surface area (Å²) in [5, 5.41) is 5.82. The maximum atomic E-state index is 12.8. The van der Waals surface area contributed by atoms with Gasteiger partial charge in [0, 0.05) is 31.0 Å². The number of rotatable bonds is 15. The van der Waals surface area contributed by atoms with Crippen LogP contribution < -0.4 is 16.4 Å². The third-order valence-corrected chi connectivity index (χ3v) is 9.63. The number of methoxy groups -OCH3 is 1. The first-order valence-corrected chi connectivity index (χ1v) is 17.9. The van der Waals surface area contributed by atoms with Crippen molar-refractivity contribution in [1.82, 2.24) is 5.32 Å². The van der Waals surface area contributed by atoms with Gasteiger partial charge in [0.1, 0.15) is 6.10 Å². The van der Waals surface area contributed by atoms with Crippen molar-refractivity contribution in [3.63, 3.8) is 0 Å². The molecule has 12 nitrogen and oxygen atoms in total. The molecule has 0 bridgehead atoms. The molecule has 0 aliphatic carbocycles. The minimum Gasteiger partial charge on any atom is -0.469 e. The Balaban J connectivity index is 1.18. The largest absolute Gasteiger partial charge is 0.469 e. The van der Waals surface area contributed by atoms with Gasteiger partial charge < -0.3 is 40.1 Å². The Morgan fingerprint density at radius 3 is 2.53 bits per heavy atom. The summed E-state index contributed by atoms with van der Waals surface area (Å²) in [5.74, 6) is -1.06. The van der Waals surface area contributed by atoms with E-state index in [4.69, 9.17) is 29.4 Å². The molecule has 9 atom stereocenters. The molecule has 3 heterocycles. The van der Waals surface area contributed by atoms with Crippen LogP contribution in [0.1, 0.15) is 78.7 Å². The van der Waals surface area contributed by atoms with Gasteiger partial charge in [-0.05, 0) is 70.6 Å². The van der Waals surface area contributed by atoms with Crippen LogP contribution in [0.15, 0.2) is 60.2 Å². The van der Waals surface area contributed by atoms with E-state index in [0.717, 1.165) is 30.4 Å². The van der Waals surface area contributed by atoms with Crippen LogP contribution in [-0.2, 0) is 49.3 Å². The third-order valence-electron chi connectivity index (χ3n) is 9.63. The van der Waals surface area contributed by atoms with Gasteiger partial charge in [-0.1, -0.05) is 48.9 Å². The van der Waals surface area contributed by atoms with Crippen LogP contribution in [0, 0.1) is 5.92 Å². The summed E-state index contributed by atoms with van der Waals surface area (Å²) < 4.78 is 28.5. The SMILES string of the molecule is COC(=O)CC1CC2(CO2)CC(C=CC(C)=CCC2OC(C)C(NC(=O)C=CC(C)OC(=O)CCc3ccccc3NC(=O)C(C)N)CC2C)O1. The van der Waals surface area contributed by atoms with Crippen LogP contribution in [0.2, 0.25) is 0 Å². The van der Waals surface area contributed by atoms with Gasteiger partial charge in [-0.3, -0.25) is 19.2 Å². The number of benzene rings is 1. The highest BCUT2D eigenvalue weighted by Crippen LogP contribution is 2.43. The molecule has 9 unspecified atom stereocenters. The fourth-order valence-electron chi connectivity index (χ4n) is 6.49. The lowest BCUT2D eigenvalue weighted by Gasteiger charge is -2.39. The lowest BCUT2D eigenvalue weighted by atomic mass is 9.88. The minimum absolute atomic E-state index is 0.0115. The Morgan fingerprint density at radius 1 is 1.08 bits per heavy atom. The van der Waals surface area contributed by atoms with E-state index in [0.29, 0.717) is 25.1 Å². The predicted octanol–water partition coefficient (Wildman–Crippen LogP) is 4.46. The van der Waals surface area contributed by atoms with Crippen molar-refractivity contribution in [3.05, 3.63) is 65.8 Å². The highest BCUT2D eigenvalue weighted by molar-refractivity contribution is 5.95. The fourth-order valence-corrected chi connectivity index (χ4v) is 6.49. The molecule has 0 aromatic heterocycles. The lowest BCUT2D eigenvalue weighted by molar-refractivity contribution is -0.147. The number of allylic oxidation sites excluding steroid dienone is 2. The van der Waals surface area contributed by atoms with Crippen LogP contribution in [0.5, 0.6) is 0 Å². The van der Waals surface area contributed by atoms with Crippen LogP contribution >= 0.6 is 0 Å². The number of nitrogens with two attached hydrogens (primary N) is 1. The van der Waals surface area contributed by atoms with E-state index in [9.17, 15) is 19.2 Å². The number of aryl methyl sites for hydroxylation is 1. The van der Waals surface area contributed by atoms with Crippen molar-refractivity contribution in [3.8, 4) is 0 Å². The first-order valence-electron chi connectivity index (χ1n) is 17.9. The number of nitrogens with one attached hydrogen (secondary N) is 2. The lowest BCUT2D eigenvalue weighted by Crippen LogP contribution is -2.50. The number of amides is 2. The van der Waals surface area contributed by atoms with E-state index in [-0.39, 0.29) is 72.6 Å². The molecule has 1 aromatic rings. The Hall–Kier alpha value is -3.84. The van der Waals surface area contributed by atoms with E-state index in [1.165, 1.54) is 13.2 Å². The van der Waals surface area contributed by atoms with E-state index in [1.807, 2.05) is 32.1 Å². The number of para-hydroxylation sites is 1. The number of anilines is 1. The second-order valence-corrected chi connectivity index (χ2v) is 14.2. The first kappa shape index (κ1) is 39.9. The summed E-state index contributed by atoms with van der Waals surface area (Å²) >= 11 is 0. The molecule has 51 heavy (non-hydrogen) atoms. The summed E-state index contributed by atoms with van der Waals surface area (Å²) in [7, 11) is 1.39. The zero-order chi connectivity index (χ0) is 37.1. The van der Waals surface area contributed by atoms with E-state index in [2.05, 4.69) is 29.7 Å². The smallest absolute Gasteiger partial charge is 0.308 e. The van der Waals surface area contributed by atoms with Crippen LogP contribution in [0.4, 0.5) is 5.69 Å². The maximum Gasteiger partial charge on any atom is 0.308 e. The monoisotopic (exact) mass is 709 g/mol. The summed E-state index contributed by atoms with van der Waals surface area (Å²) in [4.78, 5) is 49.1. The zero-order valence-electron chi connectivity index (χ0n) is 30.7. The van der Waals surface area contributed by atoms with E-state index in [1.54, 1.807) is 32.1 Å². The van der Waals surface area contributed by atoms with E-state index >= 15 is 0 Å². The number of hydrogen-bond donors (Lipinski definition) is 3. The predicted molar refractivity (Wildman–Crippen MR) is 193 cm³/mol. The summed E-state index contributed by atoms with van der Waals surface area (Å²) in [6.07, 6.45) is 11.8. The molecule has 12 heteroatoms. The van der Waals surface area contributed by atoms with Crippen molar-refractivity contribution in [2.75, 3.05) is 19.0 Å². The zero-order valence-corrected chi connectivity index (χ0v) is 30.7. The Morgan fingerprint density at radius 2 is 1.82 bits per heavy atom. The van der Waals surface area contributed by atoms with Gasteiger partial charge in [0.15, 0.2) is 0 Å². The minimum atomic E-state index is -0.654. The Kier molecular flexibility index (Phi) is 14.6. The van der Waals surface area contributed by atoms with Crippen molar-refractivity contribution >= 4 is 29.4 Å². The highest BCUT2D eigenvalue weighted by atomic mass is 16.6. The number of ether oxygens (including phenoxy) is 5. The van der Waals surface area contributed by atoms with E-state index < -0.39 is 18.1 Å². The standard InChI is InChI=1S/C39H55N3O9/c1-24(11-15-30-21-39(23-48-39)22-31(51-30)20-37(45)47-6)12-16-34-25(2)19-33(28(5)50-34)41-35(43)17-13-26(3)49-36(44)18-14-29-9-7-8-10-32(29)42-38(46)27(4)40/h7-13,15,17,25-28,30-31,33-34H,14,16,18-23,40H2,1-6H3,(H,41,43)(H,42,46). The molecule has 2 amide bonds. The molecular weight excluding hydrogens is 654 g/mol. The quantitative estimate of drug-likeness (QED) is 0.102. The van der Waals surface area contributed by atoms with Gasteiger partial charge in [-0.2, -0.15) is 0 Å². The van der Waals surface area contributed by atoms with Gasteiger partial charge in [-0.15, -0.1) is 0 Å². The Bertz CT molecular complexity index is 1470. The topological polar surface area (TPSA) is 168 Å². The molecule has 280 valence electrons. The maximum absolute atomic E-state index is 12.8. The summed E-state index contributed by atoms with van der Waals surface area (Å²) in [6, 6.07) is 6.43. The van der Waals surface area contributed by atoms with Gasteiger partial charge >= 0.3 is 11.9 Å². The molecule has 1 spiro atoms. The van der Waals surface area contributed by atoms with Gasteiger partial charge in [-0.25, -0.2) is 0 Å². The van der Waals surface area contributed by atoms with Crippen molar-refractivity contribution in [2.45, 2.75) is 128 Å². The molecule has 1 aromatic carbocycles. The van der Waals surface area contributed by atoms with Crippen molar-refractivity contribution in [1.29, 1.82) is 0 Å². The molecule has 3 saturated heterocycles.